The molecule has 0 aliphatic rings. The topological polar surface area (TPSA) is 35.0 Å². The van der Waals surface area contributed by atoms with Gasteiger partial charge in [0.2, 0.25) is 0 Å². The van der Waals surface area contributed by atoms with Gasteiger partial charge in [0.1, 0.15) is 9.45 Å². The minimum absolute atomic E-state index is 0.663. The normalized spacial score (nSPS) is 10.1. The van der Waals surface area contributed by atoms with Gasteiger partial charge in [-0.1, -0.05) is 12.1 Å². The zero-order valence-electron chi connectivity index (χ0n) is 8.85. The molecule has 0 spiro atoms. The summed E-state index contributed by atoms with van der Waals surface area (Å²) in [5, 5.41) is 0. The van der Waals surface area contributed by atoms with E-state index in [-0.39, 0.29) is 0 Å². The van der Waals surface area contributed by atoms with Gasteiger partial charge in [0.25, 0.3) is 0 Å². The number of hydrogen-bond acceptors (Lipinski definition) is 3. The van der Waals surface area contributed by atoms with Gasteiger partial charge in [-0.15, -0.1) is 0 Å². The average Bonchev–Trinajstić information content (AvgIpc) is 2.30. The standard InChI is InChI=1S/C12H11IN2O/c1-2-16-10-5-3-4-9(8-10)12-14-7-6-11(13)15-12/h3-8H,2H2,1H3. The van der Waals surface area contributed by atoms with Crippen LogP contribution in [0, 0.1) is 3.70 Å². The van der Waals surface area contributed by atoms with Crippen LogP contribution in [0.5, 0.6) is 5.75 Å². The SMILES string of the molecule is CCOc1cccc(-c2nccc(I)n2)c1. The summed E-state index contributed by atoms with van der Waals surface area (Å²) < 4.78 is 6.38. The second-order valence-electron chi connectivity index (χ2n) is 3.16. The van der Waals surface area contributed by atoms with Crippen molar-refractivity contribution in [3.8, 4) is 17.1 Å². The van der Waals surface area contributed by atoms with Crippen molar-refractivity contribution in [1.82, 2.24) is 9.97 Å². The molecule has 0 bridgehead atoms. The molecule has 0 N–H and O–H groups in total. The fraction of sp³-hybridized carbons (Fsp3) is 0.167. The summed E-state index contributed by atoms with van der Waals surface area (Å²) in [4.78, 5) is 8.60. The van der Waals surface area contributed by atoms with E-state index in [0.29, 0.717) is 6.61 Å². The highest BCUT2D eigenvalue weighted by Gasteiger charge is 2.02. The quantitative estimate of drug-likeness (QED) is 0.642. The molecule has 0 amide bonds. The van der Waals surface area contributed by atoms with Crippen molar-refractivity contribution in [1.29, 1.82) is 0 Å². The fourth-order valence-electron chi connectivity index (χ4n) is 1.37. The van der Waals surface area contributed by atoms with E-state index in [9.17, 15) is 0 Å². The molecule has 2 aromatic rings. The molecule has 3 nitrogen and oxygen atoms in total. The van der Waals surface area contributed by atoms with Gasteiger partial charge in [0.05, 0.1) is 6.61 Å². The van der Waals surface area contributed by atoms with Crippen LogP contribution in [0.1, 0.15) is 6.92 Å². The van der Waals surface area contributed by atoms with Gasteiger partial charge >= 0.3 is 0 Å². The minimum atomic E-state index is 0.663. The molecule has 0 saturated carbocycles. The van der Waals surface area contributed by atoms with E-state index in [1.807, 2.05) is 37.3 Å². The van der Waals surface area contributed by atoms with Crippen molar-refractivity contribution in [3.05, 3.63) is 40.2 Å². The first-order valence-corrected chi connectivity index (χ1v) is 6.09. The smallest absolute Gasteiger partial charge is 0.160 e. The molecule has 0 saturated heterocycles. The second kappa shape index (κ2) is 5.25. The lowest BCUT2D eigenvalue weighted by Gasteiger charge is -2.05. The van der Waals surface area contributed by atoms with Crippen LogP contribution < -0.4 is 4.74 Å². The molecule has 1 aromatic heterocycles. The second-order valence-corrected chi connectivity index (χ2v) is 4.27. The maximum Gasteiger partial charge on any atom is 0.160 e. The highest BCUT2D eigenvalue weighted by atomic mass is 127. The zero-order chi connectivity index (χ0) is 11.4. The Kier molecular flexibility index (Phi) is 3.71. The van der Waals surface area contributed by atoms with Crippen molar-refractivity contribution < 1.29 is 4.74 Å². The third-order valence-corrected chi connectivity index (χ3v) is 2.63. The molecule has 0 atom stereocenters. The third kappa shape index (κ3) is 2.69. The first-order valence-electron chi connectivity index (χ1n) is 5.01. The molecule has 0 radical (unpaired) electrons. The van der Waals surface area contributed by atoms with Gasteiger partial charge < -0.3 is 4.74 Å². The number of hydrogen-bond donors (Lipinski definition) is 0. The first kappa shape index (κ1) is 11.3. The molecule has 0 fully saturated rings. The van der Waals surface area contributed by atoms with E-state index in [1.54, 1.807) is 6.20 Å². The van der Waals surface area contributed by atoms with Gasteiger partial charge in [-0.25, -0.2) is 9.97 Å². The van der Waals surface area contributed by atoms with E-state index >= 15 is 0 Å². The molecule has 2 rings (SSSR count). The average molecular weight is 326 g/mol. The monoisotopic (exact) mass is 326 g/mol. The van der Waals surface area contributed by atoms with Crippen molar-refractivity contribution >= 4 is 22.6 Å². The van der Waals surface area contributed by atoms with E-state index in [2.05, 4.69) is 32.6 Å². The molecular weight excluding hydrogens is 315 g/mol. The number of nitrogens with zero attached hydrogens (tertiary/aromatic N) is 2. The zero-order valence-corrected chi connectivity index (χ0v) is 11.0. The lowest BCUT2D eigenvalue weighted by atomic mass is 10.2. The lowest BCUT2D eigenvalue weighted by molar-refractivity contribution is 0.340. The Morgan fingerprint density at radius 3 is 2.94 bits per heavy atom. The van der Waals surface area contributed by atoms with Gasteiger partial charge in [-0.05, 0) is 47.7 Å². The van der Waals surface area contributed by atoms with Gasteiger partial charge in [0, 0.05) is 11.8 Å². The summed E-state index contributed by atoms with van der Waals surface area (Å²) in [5.41, 5.74) is 0.976. The summed E-state index contributed by atoms with van der Waals surface area (Å²) >= 11 is 2.18. The van der Waals surface area contributed by atoms with Crippen LogP contribution in [0.25, 0.3) is 11.4 Å². The van der Waals surface area contributed by atoms with Crippen LogP contribution in [0.3, 0.4) is 0 Å². The maximum absolute atomic E-state index is 5.44. The van der Waals surface area contributed by atoms with Crippen molar-refractivity contribution in [2.75, 3.05) is 6.61 Å². The number of halogens is 1. The Labute approximate surface area is 108 Å². The van der Waals surface area contributed by atoms with Gasteiger partial charge in [0.15, 0.2) is 5.82 Å². The van der Waals surface area contributed by atoms with Crippen molar-refractivity contribution in [3.63, 3.8) is 0 Å². The predicted octanol–water partition coefficient (Wildman–Crippen LogP) is 3.15. The van der Waals surface area contributed by atoms with Crippen LogP contribution >= 0.6 is 22.6 Å². The van der Waals surface area contributed by atoms with Crippen LogP contribution in [0.4, 0.5) is 0 Å². The number of rotatable bonds is 3. The van der Waals surface area contributed by atoms with Gasteiger partial charge in [-0.2, -0.15) is 0 Å². The Morgan fingerprint density at radius 2 is 2.19 bits per heavy atom. The summed E-state index contributed by atoms with van der Waals surface area (Å²) in [6.45, 7) is 2.63. The predicted molar refractivity (Wildman–Crippen MR) is 71.4 cm³/mol. The van der Waals surface area contributed by atoms with E-state index in [0.717, 1.165) is 20.8 Å². The highest BCUT2D eigenvalue weighted by molar-refractivity contribution is 14.1. The molecule has 1 aromatic carbocycles. The van der Waals surface area contributed by atoms with E-state index in [1.165, 1.54) is 0 Å². The lowest BCUT2D eigenvalue weighted by Crippen LogP contribution is -1.93. The largest absolute Gasteiger partial charge is 0.494 e. The van der Waals surface area contributed by atoms with Crippen LogP contribution in [0.2, 0.25) is 0 Å². The highest BCUT2D eigenvalue weighted by Crippen LogP contribution is 2.21. The van der Waals surface area contributed by atoms with Crippen molar-refractivity contribution in [2.45, 2.75) is 6.92 Å². The van der Waals surface area contributed by atoms with Crippen LogP contribution in [-0.2, 0) is 0 Å². The van der Waals surface area contributed by atoms with Crippen LogP contribution in [0.15, 0.2) is 36.5 Å². The molecule has 0 unspecified atom stereocenters. The molecule has 82 valence electrons. The minimum Gasteiger partial charge on any atom is -0.494 e. The first-order chi connectivity index (χ1) is 7.79. The third-order valence-electron chi connectivity index (χ3n) is 2.02. The Morgan fingerprint density at radius 1 is 1.31 bits per heavy atom. The molecule has 4 heteroatoms. The summed E-state index contributed by atoms with van der Waals surface area (Å²) in [7, 11) is 0. The van der Waals surface area contributed by atoms with Crippen molar-refractivity contribution in [2.24, 2.45) is 0 Å². The number of ether oxygens (including phenoxy) is 1. The van der Waals surface area contributed by atoms with E-state index in [4.69, 9.17) is 4.74 Å². The fourth-order valence-corrected chi connectivity index (χ4v) is 1.76. The Balaban J connectivity index is 2.36. The number of benzene rings is 1. The summed E-state index contributed by atoms with van der Waals surface area (Å²) in [5.74, 6) is 1.58. The molecule has 1 heterocycles. The maximum atomic E-state index is 5.44. The Bertz CT molecular complexity index is 488. The van der Waals surface area contributed by atoms with E-state index < -0.39 is 0 Å². The molecule has 16 heavy (non-hydrogen) atoms. The summed E-state index contributed by atoms with van der Waals surface area (Å²) in [6, 6.07) is 9.68. The molecule has 0 aliphatic carbocycles. The Hall–Kier alpha value is -1.17. The van der Waals surface area contributed by atoms with Gasteiger partial charge in [-0.3, -0.25) is 0 Å². The molecule has 0 aliphatic heterocycles. The number of aromatic nitrogens is 2. The van der Waals surface area contributed by atoms with Crippen LogP contribution in [-0.4, -0.2) is 16.6 Å². The summed E-state index contributed by atoms with van der Waals surface area (Å²) in [6.07, 6.45) is 1.76. The molecular formula is C12H11IN2O.